The van der Waals surface area contributed by atoms with Crippen LogP contribution in [0.2, 0.25) is 0 Å². The van der Waals surface area contributed by atoms with Gasteiger partial charge in [0, 0.05) is 0 Å². The molecule has 1 saturated heterocycles. The molecule has 0 spiro atoms. The molecule has 6 heteroatoms. The van der Waals surface area contributed by atoms with Gasteiger partial charge in [-0.1, -0.05) is 18.2 Å². The Labute approximate surface area is 137 Å². The maximum absolute atomic E-state index is 11.8. The molecule has 0 radical (unpaired) electrons. The number of esters is 1. The van der Waals surface area contributed by atoms with Crippen molar-refractivity contribution in [3.05, 3.63) is 29.3 Å². The summed E-state index contributed by atoms with van der Waals surface area (Å²) in [6.07, 6.45) is 0.118. The van der Waals surface area contributed by atoms with Gasteiger partial charge in [-0.2, -0.15) is 0 Å². The van der Waals surface area contributed by atoms with E-state index in [9.17, 15) is 4.79 Å². The summed E-state index contributed by atoms with van der Waals surface area (Å²) in [5.41, 5.74) is 2.17. The molecule has 5 nitrogen and oxygen atoms in total. The van der Waals surface area contributed by atoms with Crippen molar-refractivity contribution in [1.82, 2.24) is 0 Å². The molecule has 2 aliphatic rings. The van der Waals surface area contributed by atoms with Crippen molar-refractivity contribution in [1.29, 1.82) is 0 Å². The fourth-order valence-electron chi connectivity index (χ4n) is 2.90. The minimum absolute atomic E-state index is 0.366. The molecule has 0 bridgehead atoms. The number of carbonyl (C=O) groups excluding carboxylic acids is 1. The van der Waals surface area contributed by atoms with Gasteiger partial charge < -0.3 is 18.8 Å². The number of hydrogen-bond donors (Lipinski definition) is 0. The van der Waals surface area contributed by atoms with E-state index in [2.05, 4.69) is 6.07 Å². The molecular weight excluding hydrogens is 295 g/mol. The second kappa shape index (κ2) is 5.62. The van der Waals surface area contributed by atoms with Crippen LogP contribution in [0.3, 0.4) is 0 Å². The first-order valence-electron chi connectivity index (χ1n) is 7.93. The van der Waals surface area contributed by atoms with Crippen molar-refractivity contribution in [2.24, 2.45) is 0 Å². The van der Waals surface area contributed by atoms with E-state index in [1.165, 1.54) is 7.11 Å². The Morgan fingerprint density at radius 2 is 1.87 bits per heavy atom. The summed E-state index contributed by atoms with van der Waals surface area (Å²) in [5.74, 6) is -0.366. The number of carbonyl (C=O) groups is 1. The van der Waals surface area contributed by atoms with Gasteiger partial charge in [0.2, 0.25) is 0 Å². The van der Waals surface area contributed by atoms with Crippen LogP contribution in [0.25, 0.3) is 0 Å². The minimum Gasteiger partial charge on any atom is -0.467 e. The summed E-state index contributed by atoms with van der Waals surface area (Å²) in [5, 5.41) is 0. The lowest BCUT2D eigenvalue weighted by Crippen LogP contribution is -2.41. The molecule has 0 amide bonds. The van der Waals surface area contributed by atoms with E-state index in [0.29, 0.717) is 6.61 Å². The van der Waals surface area contributed by atoms with E-state index in [0.717, 1.165) is 23.0 Å². The minimum atomic E-state index is -0.643. The van der Waals surface area contributed by atoms with Gasteiger partial charge >= 0.3 is 13.1 Å². The molecular formula is C17H23BO5. The van der Waals surface area contributed by atoms with Gasteiger partial charge in [0.15, 0.2) is 6.10 Å². The SMILES string of the molecule is COC(=O)C1OCCc2cc(B3OC(C)(C)C(C)(C)O3)ccc21. The normalized spacial score (nSPS) is 25.1. The Morgan fingerprint density at radius 1 is 1.22 bits per heavy atom. The number of fused-ring (bicyclic) bond motifs is 1. The Kier molecular flexibility index (Phi) is 4.03. The van der Waals surface area contributed by atoms with Crippen LogP contribution in [-0.4, -0.2) is 38.0 Å². The summed E-state index contributed by atoms with van der Waals surface area (Å²) in [4.78, 5) is 11.8. The van der Waals surface area contributed by atoms with E-state index in [4.69, 9.17) is 18.8 Å². The van der Waals surface area contributed by atoms with E-state index in [-0.39, 0.29) is 17.2 Å². The predicted molar refractivity (Wildman–Crippen MR) is 86.6 cm³/mol. The molecule has 2 aliphatic heterocycles. The van der Waals surface area contributed by atoms with E-state index in [1.54, 1.807) is 0 Å². The zero-order valence-electron chi connectivity index (χ0n) is 14.3. The standard InChI is InChI=1S/C17H23BO5/c1-16(2)17(3,4)23-18(22-16)12-6-7-13-11(10-12)8-9-21-14(13)15(19)20-5/h6-7,10,14H,8-9H2,1-5H3. The summed E-state index contributed by atoms with van der Waals surface area (Å²) < 4.78 is 22.6. The van der Waals surface area contributed by atoms with Gasteiger partial charge in [0.05, 0.1) is 24.9 Å². The van der Waals surface area contributed by atoms with E-state index < -0.39 is 13.2 Å². The molecule has 1 unspecified atom stereocenters. The predicted octanol–water partition coefficient (Wildman–Crippen LogP) is 1.77. The third-order valence-electron chi connectivity index (χ3n) is 5.05. The Bertz CT molecular complexity index is 609. The Hall–Kier alpha value is -1.37. The van der Waals surface area contributed by atoms with Crippen LogP contribution < -0.4 is 5.46 Å². The highest BCUT2D eigenvalue weighted by Gasteiger charge is 2.51. The van der Waals surface area contributed by atoms with Crippen molar-refractivity contribution in [2.45, 2.75) is 51.4 Å². The fraction of sp³-hybridized carbons (Fsp3) is 0.588. The van der Waals surface area contributed by atoms with Gasteiger partial charge in [-0.05, 0) is 50.7 Å². The van der Waals surface area contributed by atoms with Crippen molar-refractivity contribution < 1.29 is 23.6 Å². The molecule has 124 valence electrons. The molecule has 3 rings (SSSR count). The largest absolute Gasteiger partial charge is 0.494 e. The number of ether oxygens (including phenoxy) is 2. The summed E-state index contributed by atoms with van der Waals surface area (Å²) >= 11 is 0. The van der Waals surface area contributed by atoms with Crippen molar-refractivity contribution in [3.63, 3.8) is 0 Å². The summed E-state index contributed by atoms with van der Waals surface area (Å²) in [6, 6.07) is 5.90. The Morgan fingerprint density at radius 3 is 2.48 bits per heavy atom. The fourth-order valence-corrected chi connectivity index (χ4v) is 2.90. The van der Waals surface area contributed by atoms with Crippen LogP contribution in [0.5, 0.6) is 0 Å². The smallest absolute Gasteiger partial charge is 0.467 e. The van der Waals surface area contributed by atoms with Crippen molar-refractivity contribution >= 4 is 18.6 Å². The molecule has 1 aromatic carbocycles. The lowest BCUT2D eigenvalue weighted by molar-refractivity contribution is -0.155. The molecule has 0 aromatic heterocycles. The van der Waals surface area contributed by atoms with Gasteiger partial charge in [0.1, 0.15) is 0 Å². The van der Waals surface area contributed by atoms with Crippen LogP contribution in [0.1, 0.15) is 44.9 Å². The molecule has 0 saturated carbocycles. The first kappa shape index (κ1) is 16.5. The van der Waals surface area contributed by atoms with Crippen LogP contribution in [0.15, 0.2) is 18.2 Å². The number of hydrogen-bond acceptors (Lipinski definition) is 5. The lowest BCUT2D eigenvalue weighted by atomic mass is 9.77. The highest BCUT2D eigenvalue weighted by molar-refractivity contribution is 6.62. The third kappa shape index (κ3) is 2.79. The first-order valence-corrected chi connectivity index (χ1v) is 7.93. The van der Waals surface area contributed by atoms with Crippen LogP contribution >= 0.6 is 0 Å². The van der Waals surface area contributed by atoms with Crippen molar-refractivity contribution in [3.8, 4) is 0 Å². The molecule has 23 heavy (non-hydrogen) atoms. The highest BCUT2D eigenvalue weighted by Crippen LogP contribution is 2.37. The van der Waals surface area contributed by atoms with Crippen LogP contribution in [0, 0.1) is 0 Å². The van der Waals surface area contributed by atoms with Crippen LogP contribution in [0.4, 0.5) is 0 Å². The molecule has 0 N–H and O–H groups in total. The first-order chi connectivity index (χ1) is 10.7. The second-order valence-electron chi connectivity index (χ2n) is 7.07. The maximum Gasteiger partial charge on any atom is 0.494 e. The Balaban J connectivity index is 1.89. The summed E-state index contributed by atoms with van der Waals surface area (Å²) in [7, 11) is 0.975. The molecule has 0 aliphatic carbocycles. The second-order valence-corrected chi connectivity index (χ2v) is 7.07. The lowest BCUT2D eigenvalue weighted by Gasteiger charge is -2.32. The number of methoxy groups -OCH3 is 1. The average Bonchev–Trinajstić information content (AvgIpc) is 2.73. The molecule has 1 aromatic rings. The summed E-state index contributed by atoms with van der Waals surface area (Å²) in [6.45, 7) is 8.64. The number of benzene rings is 1. The average molecular weight is 318 g/mol. The van der Waals surface area contributed by atoms with E-state index in [1.807, 2.05) is 39.8 Å². The number of rotatable bonds is 2. The van der Waals surface area contributed by atoms with Crippen molar-refractivity contribution in [2.75, 3.05) is 13.7 Å². The van der Waals surface area contributed by atoms with Gasteiger partial charge in [-0.15, -0.1) is 0 Å². The topological polar surface area (TPSA) is 54.0 Å². The zero-order chi connectivity index (χ0) is 16.8. The van der Waals surface area contributed by atoms with Gasteiger partial charge in [0.25, 0.3) is 0 Å². The molecule has 1 fully saturated rings. The maximum atomic E-state index is 11.8. The van der Waals surface area contributed by atoms with Gasteiger partial charge in [-0.3, -0.25) is 0 Å². The third-order valence-corrected chi connectivity index (χ3v) is 5.05. The monoisotopic (exact) mass is 318 g/mol. The zero-order valence-corrected chi connectivity index (χ0v) is 14.3. The van der Waals surface area contributed by atoms with Gasteiger partial charge in [-0.25, -0.2) is 4.79 Å². The van der Waals surface area contributed by atoms with Crippen LogP contribution in [-0.2, 0) is 30.0 Å². The quantitative estimate of drug-likeness (QED) is 0.614. The highest BCUT2D eigenvalue weighted by atomic mass is 16.7. The molecule has 2 heterocycles. The molecule has 1 atom stereocenters. The van der Waals surface area contributed by atoms with E-state index >= 15 is 0 Å².